The molecule has 2 aromatic rings. The molecule has 1 aliphatic rings. The minimum atomic E-state index is -0.424. The molecule has 1 atom stereocenters. The van der Waals surface area contributed by atoms with Gasteiger partial charge in [-0.15, -0.1) is 0 Å². The molecule has 1 heterocycles. The summed E-state index contributed by atoms with van der Waals surface area (Å²) in [5.74, 6) is 0.461. The summed E-state index contributed by atoms with van der Waals surface area (Å²) in [6.45, 7) is 12.5. The van der Waals surface area contributed by atoms with Gasteiger partial charge in [0.2, 0.25) is 0 Å². The first-order chi connectivity index (χ1) is 15.1. The first-order valence-electron chi connectivity index (χ1n) is 11.3. The van der Waals surface area contributed by atoms with Gasteiger partial charge < -0.3 is 4.74 Å². The molecule has 0 spiro atoms. The minimum absolute atomic E-state index is 0.165. The van der Waals surface area contributed by atoms with E-state index >= 15 is 0 Å². The molecule has 0 bridgehead atoms. The molecular weight excluding hydrogens is 400 g/mol. The molecule has 0 saturated heterocycles. The van der Waals surface area contributed by atoms with Crippen molar-refractivity contribution < 1.29 is 14.3 Å². The van der Waals surface area contributed by atoms with Gasteiger partial charge >= 0.3 is 5.97 Å². The van der Waals surface area contributed by atoms with E-state index in [1.165, 1.54) is 12.5 Å². The molecule has 5 nitrogen and oxygen atoms in total. The Labute approximate surface area is 191 Å². The van der Waals surface area contributed by atoms with E-state index in [1.54, 1.807) is 4.90 Å². The average Bonchev–Trinajstić information content (AvgIpc) is 2.98. The molecule has 0 radical (unpaired) electrons. The molecule has 0 fully saturated rings. The van der Waals surface area contributed by atoms with Gasteiger partial charge in [0, 0.05) is 18.2 Å². The number of benzene rings is 2. The van der Waals surface area contributed by atoms with Crippen LogP contribution in [0.5, 0.6) is 0 Å². The molecule has 0 aliphatic carbocycles. The van der Waals surface area contributed by atoms with E-state index in [-0.39, 0.29) is 18.1 Å². The first-order valence-corrected chi connectivity index (χ1v) is 11.3. The number of aliphatic imine (C=N–C) groups is 1. The lowest BCUT2D eigenvalue weighted by Crippen LogP contribution is -2.26. The Hall–Kier alpha value is -2.95. The third-order valence-corrected chi connectivity index (χ3v) is 5.53. The maximum absolute atomic E-state index is 13.2. The SMILES string of the molecule is CC(=O)OCN=C1C(=O)N(c2ccc(C(CC(C)C)CC(C)(C)C)cc2)c2ccccc21. The normalized spacial score (nSPS) is 15.9. The van der Waals surface area contributed by atoms with Crippen molar-refractivity contribution in [2.75, 3.05) is 11.6 Å². The molecule has 0 N–H and O–H groups in total. The van der Waals surface area contributed by atoms with Crippen molar-refractivity contribution in [3.63, 3.8) is 0 Å². The average molecular weight is 435 g/mol. The number of amides is 1. The summed E-state index contributed by atoms with van der Waals surface area (Å²) in [6.07, 6.45) is 2.25. The summed E-state index contributed by atoms with van der Waals surface area (Å²) in [5, 5.41) is 0. The van der Waals surface area contributed by atoms with Gasteiger partial charge in [-0.25, -0.2) is 4.99 Å². The fourth-order valence-corrected chi connectivity index (χ4v) is 4.34. The van der Waals surface area contributed by atoms with Crippen LogP contribution in [0.4, 0.5) is 11.4 Å². The predicted octanol–water partition coefficient (Wildman–Crippen LogP) is 6.24. The van der Waals surface area contributed by atoms with E-state index in [4.69, 9.17) is 4.74 Å². The lowest BCUT2D eigenvalue weighted by molar-refractivity contribution is -0.140. The highest BCUT2D eigenvalue weighted by molar-refractivity contribution is 6.55. The van der Waals surface area contributed by atoms with Gasteiger partial charge in [0.05, 0.1) is 5.69 Å². The number of carbonyl (C=O) groups is 2. The van der Waals surface area contributed by atoms with E-state index in [1.807, 2.05) is 36.4 Å². The van der Waals surface area contributed by atoms with Gasteiger partial charge in [0.1, 0.15) is 5.71 Å². The number of rotatable bonds is 7. The summed E-state index contributed by atoms with van der Waals surface area (Å²) in [6, 6.07) is 15.9. The third kappa shape index (κ3) is 5.64. The van der Waals surface area contributed by atoms with Crippen LogP contribution in [0.2, 0.25) is 0 Å². The van der Waals surface area contributed by atoms with Crippen LogP contribution in [-0.4, -0.2) is 24.3 Å². The van der Waals surface area contributed by atoms with Crippen molar-refractivity contribution in [3.05, 3.63) is 59.7 Å². The number of fused-ring (bicyclic) bond motifs is 1. The highest BCUT2D eigenvalue weighted by atomic mass is 16.5. The van der Waals surface area contributed by atoms with Crippen LogP contribution in [0.1, 0.15) is 71.4 Å². The predicted molar refractivity (Wildman–Crippen MR) is 129 cm³/mol. The van der Waals surface area contributed by atoms with Crippen LogP contribution in [-0.2, 0) is 14.3 Å². The van der Waals surface area contributed by atoms with Crippen molar-refractivity contribution >= 4 is 29.0 Å². The molecule has 0 aromatic heterocycles. The van der Waals surface area contributed by atoms with E-state index in [2.05, 4.69) is 51.7 Å². The van der Waals surface area contributed by atoms with Gasteiger partial charge in [-0.05, 0) is 53.9 Å². The number of ether oxygens (including phenoxy) is 1. The Morgan fingerprint density at radius 2 is 1.72 bits per heavy atom. The second kappa shape index (κ2) is 9.68. The fraction of sp³-hybridized carbons (Fsp3) is 0.444. The molecular formula is C27H34N2O3. The molecule has 1 unspecified atom stereocenters. The van der Waals surface area contributed by atoms with Crippen molar-refractivity contribution in [2.45, 2.75) is 60.3 Å². The van der Waals surface area contributed by atoms with E-state index in [0.29, 0.717) is 17.5 Å². The summed E-state index contributed by atoms with van der Waals surface area (Å²) in [7, 11) is 0. The Kier molecular flexibility index (Phi) is 7.17. The molecule has 5 heteroatoms. The molecule has 3 rings (SSSR count). The van der Waals surface area contributed by atoms with Crippen molar-refractivity contribution in [1.29, 1.82) is 0 Å². The Bertz CT molecular complexity index is 1000. The highest BCUT2D eigenvalue weighted by Gasteiger charge is 2.34. The first kappa shape index (κ1) is 23.7. The zero-order valence-corrected chi connectivity index (χ0v) is 20.0. The highest BCUT2D eigenvalue weighted by Crippen LogP contribution is 2.39. The number of hydrogen-bond acceptors (Lipinski definition) is 4. The van der Waals surface area contributed by atoms with Crippen LogP contribution in [0, 0.1) is 11.3 Å². The molecule has 2 aromatic carbocycles. The van der Waals surface area contributed by atoms with E-state index in [9.17, 15) is 9.59 Å². The Morgan fingerprint density at radius 1 is 1.06 bits per heavy atom. The summed E-state index contributed by atoms with van der Waals surface area (Å²) < 4.78 is 4.92. The van der Waals surface area contributed by atoms with Crippen molar-refractivity contribution in [2.24, 2.45) is 16.3 Å². The van der Waals surface area contributed by atoms with E-state index in [0.717, 1.165) is 29.8 Å². The van der Waals surface area contributed by atoms with Gasteiger partial charge in [0.15, 0.2) is 6.73 Å². The quantitative estimate of drug-likeness (QED) is 0.485. The van der Waals surface area contributed by atoms with Gasteiger partial charge in [0.25, 0.3) is 5.91 Å². The van der Waals surface area contributed by atoms with Crippen LogP contribution in [0.15, 0.2) is 53.5 Å². The van der Waals surface area contributed by atoms with Crippen LogP contribution in [0.25, 0.3) is 0 Å². The number of anilines is 2. The lowest BCUT2D eigenvalue weighted by Gasteiger charge is -2.28. The summed E-state index contributed by atoms with van der Waals surface area (Å²) >= 11 is 0. The smallest absolute Gasteiger partial charge is 0.304 e. The number of para-hydroxylation sites is 1. The Balaban J connectivity index is 1.91. The molecule has 32 heavy (non-hydrogen) atoms. The van der Waals surface area contributed by atoms with Gasteiger partial charge in [-0.2, -0.15) is 0 Å². The third-order valence-electron chi connectivity index (χ3n) is 5.53. The van der Waals surface area contributed by atoms with Gasteiger partial charge in [-0.3, -0.25) is 14.5 Å². The standard InChI is InChI=1S/C27H34N2O3/c1-18(2)15-21(16-27(4,5)6)20-11-13-22(14-12-20)29-24-10-8-7-9-23(24)25(26(29)31)28-17-32-19(3)30/h7-14,18,21H,15-17H2,1-6H3. The maximum Gasteiger partial charge on any atom is 0.304 e. The summed E-state index contributed by atoms with van der Waals surface area (Å²) in [5.41, 5.74) is 4.22. The topological polar surface area (TPSA) is 59.0 Å². The molecule has 1 aliphatic heterocycles. The van der Waals surface area contributed by atoms with E-state index < -0.39 is 5.97 Å². The number of esters is 1. The van der Waals surface area contributed by atoms with Crippen molar-refractivity contribution in [1.82, 2.24) is 0 Å². The molecule has 0 saturated carbocycles. The zero-order chi connectivity index (χ0) is 23.5. The monoisotopic (exact) mass is 434 g/mol. The molecule has 170 valence electrons. The van der Waals surface area contributed by atoms with Crippen LogP contribution in [0.3, 0.4) is 0 Å². The lowest BCUT2D eigenvalue weighted by atomic mass is 9.78. The van der Waals surface area contributed by atoms with Crippen LogP contribution < -0.4 is 4.90 Å². The second-order valence-corrected chi connectivity index (χ2v) is 10.1. The minimum Gasteiger partial charge on any atom is -0.443 e. The maximum atomic E-state index is 13.2. The Morgan fingerprint density at radius 3 is 2.31 bits per heavy atom. The largest absolute Gasteiger partial charge is 0.443 e. The number of carbonyl (C=O) groups excluding carboxylic acids is 2. The molecule has 1 amide bonds. The van der Waals surface area contributed by atoms with Crippen molar-refractivity contribution in [3.8, 4) is 0 Å². The number of nitrogens with zero attached hydrogens (tertiary/aromatic N) is 2. The second-order valence-electron chi connectivity index (χ2n) is 10.1. The summed E-state index contributed by atoms with van der Waals surface area (Å²) in [4.78, 5) is 30.3. The number of hydrogen-bond donors (Lipinski definition) is 0. The zero-order valence-electron chi connectivity index (χ0n) is 20.0. The van der Waals surface area contributed by atoms with Crippen LogP contribution >= 0.6 is 0 Å². The fourth-order valence-electron chi connectivity index (χ4n) is 4.34. The van der Waals surface area contributed by atoms with Gasteiger partial charge in [-0.1, -0.05) is 65.0 Å².